The standard InChI is InChI=1S/C25H32ClFO6/c1-5-21(32)33-25(20(31)12-28)13(2)8-15-16-10-18(26)17-9-14(29)6-7-22(17,3)24(16,27)19(30)11-23(15,25)4/h6-7,9,13,15-16,18-19,28,30H,5,8,10-12H2,1-4H3. The molecule has 182 valence electrons. The van der Waals surface area contributed by atoms with E-state index in [1.807, 2.05) is 0 Å². The van der Waals surface area contributed by atoms with Crippen molar-refractivity contribution in [3.05, 3.63) is 23.8 Å². The minimum absolute atomic E-state index is 0.0434. The molecule has 33 heavy (non-hydrogen) atoms. The van der Waals surface area contributed by atoms with Crippen molar-refractivity contribution in [1.82, 2.24) is 0 Å². The molecule has 9 unspecified atom stereocenters. The molecule has 0 saturated heterocycles. The Morgan fingerprint density at radius 2 is 1.94 bits per heavy atom. The quantitative estimate of drug-likeness (QED) is 0.471. The van der Waals surface area contributed by atoms with Gasteiger partial charge in [0, 0.05) is 29.1 Å². The van der Waals surface area contributed by atoms with Crippen molar-refractivity contribution in [3.8, 4) is 0 Å². The van der Waals surface area contributed by atoms with E-state index in [0.29, 0.717) is 12.0 Å². The first-order valence-electron chi connectivity index (χ1n) is 11.7. The van der Waals surface area contributed by atoms with Gasteiger partial charge < -0.3 is 14.9 Å². The number of hydrogen-bond acceptors (Lipinski definition) is 6. The fraction of sp³-hybridized carbons (Fsp3) is 0.720. The van der Waals surface area contributed by atoms with Gasteiger partial charge in [-0.1, -0.05) is 26.8 Å². The van der Waals surface area contributed by atoms with Crippen LogP contribution < -0.4 is 0 Å². The highest BCUT2D eigenvalue weighted by atomic mass is 35.5. The molecule has 3 saturated carbocycles. The first-order chi connectivity index (χ1) is 15.3. The second kappa shape index (κ2) is 7.72. The van der Waals surface area contributed by atoms with Gasteiger partial charge in [0.05, 0.1) is 11.5 Å². The molecule has 0 aromatic rings. The van der Waals surface area contributed by atoms with Gasteiger partial charge in [0.2, 0.25) is 5.78 Å². The number of hydrogen-bond donors (Lipinski definition) is 2. The molecule has 4 aliphatic carbocycles. The van der Waals surface area contributed by atoms with Crippen LogP contribution in [0.25, 0.3) is 0 Å². The average molecular weight is 483 g/mol. The Bertz CT molecular complexity index is 963. The number of aliphatic hydroxyl groups is 2. The molecule has 4 aliphatic rings. The van der Waals surface area contributed by atoms with Crippen LogP contribution in [0.15, 0.2) is 23.8 Å². The molecule has 0 aromatic heterocycles. The summed E-state index contributed by atoms with van der Waals surface area (Å²) in [5.41, 5.74) is -5.72. The Morgan fingerprint density at radius 3 is 2.55 bits per heavy atom. The molecular formula is C25H32ClFO6. The van der Waals surface area contributed by atoms with E-state index in [4.69, 9.17) is 16.3 Å². The summed E-state index contributed by atoms with van der Waals surface area (Å²) in [4.78, 5) is 37.7. The summed E-state index contributed by atoms with van der Waals surface area (Å²) in [6, 6.07) is 0. The largest absolute Gasteiger partial charge is 0.450 e. The summed E-state index contributed by atoms with van der Waals surface area (Å²) in [5, 5.41) is 20.6. The van der Waals surface area contributed by atoms with Gasteiger partial charge in [-0.25, -0.2) is 4.39 Å². The SMILES string of the molecule is CCC(=O)OC1(C(=O)CO)C(C)CC2C3CC(Cl)C4=CC(=O)C=CC4(C)C3(F)C(O)CC21C. The molecule has 0 aromatic carbocycles. The topological polar surface area (TPSA) is 101 Å². The minimum atomic E-state index is -2.13. The molecule has 8 heteroatoms. The Kier molecular flexibility index (Phi) is 5.74. The second-order valence-corrected chi connectivity index (χ2v) is 11.2. The third-order valence-corrected chi connectivity index (χ3v) is 9.70. The van der Waals surface area contributed by atoms with Crippen LogP contribution in [0, 0.1) is 28.6 Å². The number of allylic oxidation sites excluding steroid dienone is 4. The third-order valence-electron chi connectivity index (χ3n) is 9.29. The maximum atomic E-state index is 17.3. The summed E-state index contributed by atoms with van der Waals surface area (Å²) in [7, 11) is 0. The van der Waals surface area contributed by atoms with Crippen molar-refractivity contribution in [2.75, 3.05) is 6.61 Å². The van der Waals surface area contributed by atoms with E-state index < -0.39 is 69.7 Å². The summed E-state index contributed by atoms with van der Waals surface area (Å²) in [5.74, 6) is -3.15. The number of ketones is 2. The van der Waals surface area contributed by atoms with Crippen LogP contribution in [0.2, 0.25) is 0 Å². The number of fused-ring (bicyclic) bond motifs is 5. The zero-order chi connectivity index (χ0) is 24.6. The summed E-state index contributed by atoms with van der Waals surface area (Å²) in [6.45, 7) is 6.00. The summed E-state index contributed by atoms with van der Waals surface area (Å²) >= 11 is 6.72. The van der Waals surface area contributed by atoms with Gasteiger partial charge in [-0.05, 0) is 49.8 Å². The number of alkyl halides is 2. The Balaban J connectivity index is 1.88. The van der Waals surface area contributed by atoms with Crippen molar-refractivity contribution in [2.45, 2.75) is 76.1 Å². The number of aliphatic hydroxyl groups excluding tert-OH is 2. The average Bonchev–Trinajstić information content (AvgIpc) is 2.98. The fourth-order valence-electron chi connectivity index (χ4n) is 7.76. The number of ether oxygens (including phenoxy) is 1. The van der Waals surface area contributed by atoms with Crippen LogP contribution >= 0.6 is 11.6 Å². The number of carbonyl (C=O) groups is 3. The maximum Gasteiger partial charge on any atom is 0.306 e. The van der Waals surface area contributed by atoms with Gasteiger partial charge in [0.25, 0.3) is 0 Å². The highest BCUT2D eigenvalue weighted by molar-refractivity contribution is 6.23. The van der Waals surface area contributed by atoms with Gasteiger partial charge in [0.15, 0.2) is 17.1 Å². The second-order valence-electron chi connectivity index (χ2n) is 10.6. The Hall–Kier alpha value is -1.57. The van der Waals surface area contributed by atoms with E-state index in [9.17, 15) is 24.6 Å². The molecule has 6 nitrogen and oxygen atoms in total. The zero-order valence-corrected chi connectivity index (χ0v) is 20.2. The lowest BCUT2D eigenvalue weighted by atomic mass is 9.44. The molecule has 2 N–H and O–H groups in total. The molecule has 0 radical (unpaired) electrons. The number of carbonyl (C=O) groups excluding carboxylic acids is 3. The number of Topliss-reactive ketones (excluding diaryl/α,β-unsaturated/α-hetero) is 1. The van der Waals surface area contributed by atoms with E-state index in [1.54, 1.807) is 27.7 Å². The van der Waals surface area contributed by atoms with E-state index in [1.165, 1.54) is 18.2 Å². The van der Waals surface area contributed by atoms with Crippen molar-refractivity contribution < 1.29 is 33.7 Å². The third kappa shape index (κ3) is 2.88. The van der Waals surface area contributed by atoms with Crippen molar-refractivity contribution >= 4 is 29.1 Å². The highest BCUT2D eigenvalue weighted by Gasteiger charge is 2.77. The van der Waals surface area contributed by atoms with E-state index in [0.717, 1.165) is 0 Å². The van der Waals surface area contributed by atoms with Crippen LogP contribution in [-0.2, 0) is 19.1 Å². The van der Waals surface area contributed by atoms with Crippen LogP contribution in [0.1, 0.15) is 53.4 Å². The molecule has 0 spiro atoms. The molecule has 0 bridgehead atoms. The lowest BCUT2D eigenvalue weighted by molar-refractivity contribution is -0.228. The van der Waals surface area contributed by atoms with Crippen molar-refractivity contribution in [2.24, 2.45) is 28.6 Å². The minimum Gasteiger partial charge on any atom is -0.450 e. The lowest BCUT2D eigenvalue weighted by Gasteiger charge is -2.63. The van der Waals surface area contributed by atoms with Gasteiger partial charge in [-0.15, -0.1) is 11.6 Å². The number of halogens is 2. The lowest BCUT2D eigenvalue weighted by Crippen LogP contribution is -2.71. The van der Waals surface area contributed by atoms with Gasteiger partial charge in [-0.2, -0.15) is 0 Å². The predicted octanol–water partition coefficient (Wildman–Crippen LogP) is 3.07. The van der Waals surface area contributed by atoms with Crippen LogP contribution in [-0.4, -0.2) is 57.1 Å². The normalized spacial score (nSPS) is 48.4. The first-order valence-corrected chi connectivity index (χ1v) is 12.1. The van der Waals surface area contributed by atoms with E-state index >= 15 is 4.39 Å². The highest BCUT2D eigenvalue weighted by Crippen LogP contribution is 2.71. The van der Waals surface area contributed by atoms with Crippen molar-refractivity contribution in [1.29, 1.82) is 0 Å². The molecule has 0 heterocycles. The molecule has 0 amide bonds. The van der Waals surface area contributed by atoms with Gasteiger partial charge in [0.1, 0.15) is 6.61 Å². The Labute approximate surface area is 198 Å². The van der Waals surface area contributed by atoms with Gasteiger partial charge >= 0.3 is 5.97 Å². The molecule has 0 aliphatic heterocycles. The number of rotatable bonds is 4. The fourth-order valence-corrected chi connectivity index (χ4v) is 8.24. The van der Waals surface area contributed by atoms with E-state index in [2.05, 4.69) is 0 Å². The number of esters is 1. The Morgan fingerprint density at radius 1 is 1.27 bits per heavy atom. The predicted molar refractivity (Wildman–Crippen MR) is 119 cm³/mol. The molecular weight excluding hydrogens is 451 g/mol. The molecule has 3 fully saturated rings. The molecule has 4 rings (SSSR count). The van der Waals surface area contributed by atoms with Gasteiger partial charge in [-0.3, -0.25) is 14.4 Å². The smallest absolute Gasteiger partial charge is 0.306 e. The zero-order valence-electron chi connectivity index (χ0n) is 19.4. The molecule has 9 atom stereocenters. The van der Waals surface area contributed by atoms with Crippen LogP contribution in [0.4, 0.5) is 4.39 Å². The van der Waals surface area contributed by atoms with Crippen molar-refractivity contribution in [3.63, 3.8) is 0 Å². The summed E-state index contributed by atoms with van der Waals surface area (Å²) in [6.07, 6.45) is 3.17. The van der Waals surface area contributed by atoms with Crippen LogP contribution in [0.5, 0.6) is 0 Å². The summed E-state index contributed by atoms with van der Waals surface area (Å²) < 4.78 is 23.1. The first kappa shape index (κ1) is 24.6. The van der Waals surface area contributed by atoms with E-state index in [-0.39, 0.29) is 25.0 Å². The van der Waals surface area contributed by atoms with Crippen LogP contribution in [0.3, 0.4) is 0 Å². The maximum absolute atomic E-state index is 17.3. The monoisotopic (exact) mass is 482 g/mol.